The first-order valence-electron chi connectivity index (χ1n) is 7.07. The molecule has 6 heteroatoms. The van der Waals surface area contributed by atoms with Crippen LogP contribution < -0.4 is 15.6 Å². The van der Waals surface area contributed by atoms with Crippen LogP contribution in [0.1, 0.15) is 40.7 Å². The molecule has 0 atom stereocenters. The molecule has 1 heterocycles. The van der Waals surface area contributed by atoms with Crippen molar-refractivity contribution < 1.29 is 18.7 Å². The Kier molecular flexibility index (Phi) is 5.59. The second-order valence-corrected chi connectivity index (χ2v) is 4.61. The summed E-state index contributed by atoms with van der Waals surface area (Å²) in [5, 5.41) is 0. The van der Waals surface area contributed by atoms with Gasteiger partial charge in [-0.3, -0.25) is 20.4 Å². The fourth-order valence-electron chi connectivity index (χ4n) is 1.69. The van der Waals surface area contributed by atoms with E-state index in [1.54, 1.807) is 30.3 Å². The molecule has 2 rings (SSSR count). The normalized spacial score (nSPS) is 10.0. The van der Waals surface area contributed by atoms with Crippen LogP contribution in [0.2, 0.25) is 0 Å². The van der Waals surface area contributed by atoms with Crippen molar-refractivity contribution in [3.63, 3.8) is 0 Å². The molecule has 0 bridgehead atoms. The SMILES string of the molecule is CCCCOc1ccc(C(=O)NNC(=O)c2ccco2)cc1. The zero-order chi connectivity index (χ0) is 15.8. The molecule has 0 saturated heterocycles. The Morgan fingerprint density at radius 3 is 2.45 bits per heavy atom. The molecule has 1 aromatic carbocycles. The summed E-state index contributed by atoms with van der Waals surface area (Å²) in [5.74, 6) is -0.0949. The Balaban J connectivity index is 1.83. The third-order valence-corrected chi connectivity index (χ3v) is 2.92. The Bertz CT molecular complexity index is 606. The lowest BCUT2D eigenvalue weighted by molar-refractivity contribution is 0.0831. The first kappa shape index (κ1) is 15.6. The van der Waals surface area contributed by atoms with E-state index in [0.717, 1.165) is 12.8 Å². The minimum absolute atomic E-state index is 0.125. The van der Waals surface area contributed by atoms with Gasteiger partial charge in [-0.25, -0.2) is 0 Å². The molecule has 0 fully saturated rings. The molecule has 116 valence electrons. The number of ether oxygens (including phenoxy) is 1. The first-order valence-corrected chi connectivity index (χ1v) is 7.07. The van der Waals surface area contributed by atoms with Crippen LogP contribution in [0.3, 0.4) is 0 Å². The van der Waals surface area contributed by atoms with Gasteiger partial charge in [-0.2, -0.15) is 0 Å². The lowest BCUT2D eigenvalue weighted by Crippen LogP contribution is -2.41. The standard InChI is InChI=1S/C16H18N2O4/c1-2-3-10-21-13-8-6-12(7-9-13)15(19)17-18-16(20)14-5-4-11-22-14/h4-9,11H,2-3,10H2,1H3,(H,17,19)(H,18,20). The van der Waals surface area contributed by atoms with Gasteiger partial charge in [0.1, 0.15) is 5.75 Å². The van der Waals surface area contributed by atoms with Gasteiger partial charge in [-0.15, -0.1) is 0 Å². The van der Waals surface area contributed by atoms with Crippen molar-refractivity contribution in [3.8, 4) is 5.75 Å². The highest BCUT2D eigenvalue weighted by molar-refractivity contribution is 5.97. The van der Waals surface area contributed by atoms with Gasteiger partial charge in [-0.05, 0) is 42.8 Å². The summed E-state index contributed by atoms with van der Waals surface area (Å²) in [5.41, 5.74) is 5.01. The Hall–Kier alpha value is -2.76. The molecule has 0 radical (unpaired) electrons. The maximum atomic E-state index is 11.9. The lowest BCUT2D eigenvalue weighted by Gasteiger charge is -2.08. The van der Waals surface area contributed by atoms with Crippen LogP contribution in [-0.2, 0) is 0 Å². The fourth-order valence-corrected chi connectivity index (χ4v) is 1.69. The predicted molar refractivity (Wildman–Crippen MR) is 80.5 cm³/mol. The Morgan fingerprint density at radius 2 is 1.82 bits per heavy atom. The highest BCUT2D eigenvalue weighted by Gasteiger charge is 2.10. The van der Waals surface area contributed by atoms with Crippen LogP contribution in [0, 0.1) is 0 Å². The van der Waals surface area contributed by atoms with E-state index in [4.69, 9.17) is 9.15 Å². The number of carbonyl (C=O) groups excluding carboxylic acids is 2. The molecule has 0 aliphatic carbocycles. The average Bonchev–Trinajstić information content (AvgIpc) is 3.08. The number of rotatable bonds is 6. The lowest BCUT2D eigenvalue weighted by atomic mass is 10.2. The molecular weight excluding hydrogens is 284 g/mol. The number of carbonyl (C=O) groups is 2. The average molecular weight is 302 g/mol. The summed E-state index contributed by atoms with van der Waals surface area (Å²) in [6.45, 7) is 2.75. The quantitative estimate of drug-likeness (QED) is 0.634. The largest absolute Gasteiger partial charge is 0.494 e. The number of amides is 2. The summed E-state index contributed by atoms with van der Waals surface area (Å²) in [4.78, 5) is 23.5. The number of benzene rings is 1. The molecule has 2 amide bonds. The van der Waals surface area contributed by atoms with Gasteiger partial charge in [0.25, 0.3) is 5.91 Å². The summed E-state index contributed by atoms with van der Waals surface area (Å²) in [6, 6.07) is 9.81. The summed E-state index contributed by atoms with van der Waals surface area (Å²) >= 11 is 0. The molecule has 22 heavy (non-hydrogen) atoms. The number of nitrogens with one attached hydrogen (secondary N) is 2. The zero-order valence-electron chi connectivity index (χ0n) is 12.3. The van der Waals surface area contributed by atoms with Crippen molar-refractivity contribution in [2.24, 2.45) is 0 Å². The van der Waals surface area contributed by atoms with Gasteiger partial charge in [0, 0.05) is 5.56 Å². The molecule has 2 N–H and O–H groups in total. The summed E-state index contributed by atoms with van der Waals surface area (Å²) in [7, 11) is 0. The van der Waals surface area contributed by atoms with Crippen LogP contribution in [0.5, 0.6) is 5.75 Å². The topological polar surface area (TPSA) is 80.6 Å². The zero-order valence-corrected chi connectivity index (χ0v) is 12.3. The Labute approximate surface area is 128 Å². The molecule has 1 aromatic heterocycles. The highest BCUT2D eigenvalue weighted by Crippen LogP contribution is 2.12. The van der Waals surface area contributed by atoms with E-state index in [-0.39, 0.29) is 5.76 Å². The van der Waals surface area contributed by atoms with Crippen molar-refractivity contribution >= 4 is 11.8 Å². The van der Waals surface area contributed by atoms with Crippen molar-refractivity contribution in [2.75, 3.05) is 6.61 Å². The molecule has 0 aliphatic rings. The monoisotopic (exact) mass is 302 g/mol. The number of furan rings is 1. The van der Waals surface area contributed by atoms with Gasteiger partial charge in [0.2, 0.25) is 0 Å². The molecule has 0 aliphatic heterocycles. The van der Waals surface area contributed by atoms with Crippen LogP contribution in [0.15, 0.2) is 47.1 Å². The van der Waals surface area contributed by atoms with Gasteiger partial charge >= 0.3 is 5.91 Å². The van der Waals surface area contributed by atoms with E-state index in [2.05, 4.69) is 17.8 Å². The van der Waals surface area contributed by atoms with Crippen LogP contribution >= 0.6 is 0 Å². The summed E-state index contributed by atoms with van der Waals surface area (Å²) in [6.07, 6.45) is 3.44. The van der Waals surface area contributed by atoms with Gasteiger partial charge in [0.15, 0.2) is 5.76 Å². The second kappa shape index (κ2) is 7.87. The van der Waals surface area contributed by atoms with Crippen molar-refractivity contribution in [1.82, 2.24) is 10.9 Å². The first-order chi connectivity index (χ1) is 10.7. The molecule has 2 aromatic rings. The van der Waals surface area contributed by atoms with Crippen LogP contribution in [0.25, 0.3) is 0 Å². The third kappa shape index (κ3) is 4.37. The minimum atomic E-state index is -0.516. The van der Waals surface area contributed by atoms with Gasteiger partial charge in [0.05, 0.1) is 12.9 Å². The molecular formula is C16H18N2O4. The molecule has 0 saturated carbocycles. The fraction of sp³-hybridized carbons (Fsp3) is 0.250. The molecule has 0 unspecified atom stereocenters. The van der Waals surface area contributed by atoms with E-state index in [9.17, 15) is 9.59 Å². The molecule has 0 spiro atoms. The number of unbranched alkanes of at least 4 members (excludes halogenated alkanes) is 1. The van der Waals surface area contributed by atoms with Gasteiger partial charge in [-0.1, -0.05) is 13.3 Å². The van der Waals surface area contributed by atoms with E-state index in [1.807, 2.05) is 0 Å². The maximum Gasteiger partial charge on any atom is 0.305 e. The number of hydrogen-bond donors (Lipinski definition) is 2. The van der Waals surface area contributed by atoms with Crippen LogP contribution in [-0.4, -0.2) is 18.4 Å². The second-order valence-electron chi connectivity index (χ2n) is 4.61. The molecule has 6 nitrogen and oxygen atoms in total. The number of hydrazine groups is 1. The summed E-state index contributed by atoms with van der Waals surface area (Å²) < 4.78 is 10.4. The number of hydrogen-bond acceptors (Lipinski definition) is 4. The Morgan fingerprint density at radius 1 is 1.09 bits per heavy atom. The van der Waals surface area contributed by atoms with Crippen molar-refractivity contribution in [3.05, 3.63) is 54.0 Å². The predicted octanol–water partition coefficient (Wildman–Crippen LogP) is 2.53. The van der Waals surface area contributed by atoms with Crippen molar-refractivity contribution in [2.45, 2.75) is 19.8 Å². The van der Waals surface area contributed by atoms with E-state index >= 15 is 0 Å². The van der Waals surface area contributed by atoms with E-state index in [1.165, 1.54) is 12.3 Å². The third-order valence-electron chi connectivity index (χ3n) is 2.92. The van der Waals surface area contributed by atoms with E-state index < -0.39 is 11.8 Å². The van der Waals surface area contributed by atoms with Gasteiger partial charge < -0.3 is 9.15 Å². The smallest absolute Gasteiger partial charge is 0.305 e. The highest BCUT2D eigenvalue weighted by atomic mass is 16.5. The van der Waals surface area contributed by atoms with E-state index in [0.29, 0.717) is 17.9 Å². The minimum Gasteiger partial charge on any atom is -0.494 e. The van der Waals surface area contributed by atoms with Crippen LogP contribution in [0.4, 0.5) is 0 Å². The van der Waals surface area contributed by atoms with Crippen molar-refractivity contribution in [1.29, 1.82) is 0 Å². The maximum absolute atomic E-state index is 11.9.